The summed E-state index contributed by atoms with van der Waals surface area (Å²) in [5, 5.41) is 10.8. The van der Waals surface area contributed by atoms with E-state index in [-0.39, 0.29) is 11.3 Å². The SMILES string of the molecule is CCc1c(Cl)c(N2CCC(C(=O)NS(=O)(=O)Cc3ccc(Cl)cc3)CC2)nc(SC)c1C(=O)O. The molecule has 2 aromatic rings. The molecule has 34 heavy (non-hydrogen) atoms. The molecule has 0 radical (unpaired) electrons. The molecule has 0 saturated carbocycles. The van der Waals surface area contributed by atoms with Crippen LogP contribution in [0.4, 0.5) is 5.82 Å². The molecule has 3 rings (SSSR count). The number of halogens is 2. The predicted octanol–water partition coefficient (Wildman–Crippen LogP) is 4.23. The summed E-state index contributed by atoms with van der Waals surface area (Å²) in [6.07, 6.45) is 3.02. The van der Waals surface area contributed by atoms with Gasteiger partial charge in [-0.15, -0.1) is 11.8 Å². The van der Waals surface area contributed by atoms with E-state index in [2.05, 4.69) is 9.71 Å². The van der Waals surface area contributed by atoms with Crippen LogP contribution in [0.1, 0.15) is 41.3 Å². The molecule has 1 saturated heterocycles. The van der Waals surface area contributed by atoms with Gasteiger partial charge in [-0.05, 0) is 48.8 Å². The second-order valence-corrected chi connectivity index (χ2v) is 11.2. The van der Waals surface area contributed by atoms with Crippen LogP contribution in [0.15, 0.2) is 29.3 Å². The lowest BCUT2D eigenvalue weighted by Gasteiger charge is -2.33. The first-order chi connectivity index (χ1) is 16.1. The molecule has 2 N–H and O–H groups in total. The molecule has 0 atom stereocenters. The summed E-state index contributed by atoms with van der Waals surface area (Å²) < 4.78 is 27.1. The van der Waals surface area contributed by atoms with Gasteiger partial charge in [-0.2, -0.15) is 0 Å². The van der Waals surface area contributed by atoms with E-state index in [1.54, 1.807) is 30.5 Å². The number of hydrogen-bond donors (Lipinski definition) is 2. The number of amides is 1. The lowest BCUT2D eigenvalue weighted by molar-refractivity contribution is -0.123. The van der Waals surface area contributed by atoms with Gasteiger partial charge < -0.3 is 10.0 Å². The number of nitrogens with zero attached hydrogens (tertiary/aromatic N) is 2. The number of rotatable bonds is 8. The van der Waals surface area contributed by atoms with E-state index in [1.807, 2.05) is 11.8 Å². The average molecular weight is 546 g/mol. The van der Waals surface area contributed by atoms with E-state index in [0.29, 0.717) is 64.4 Å². The monoisotopic (exact) mass is 545 g/mol. The van der Waals surface area contributed by atoms with E-state index >= 15 is 0 Å². The number of anilines is 1. The number of carboxylic acid groups (broad SMARTS) is 1. The first-order valence-corrected chi connectivity index (χ1v) is 14.2. The minimum atomic E-state index is -3.85. The zero-order valence-electron chi connectivity index (χ0n) is 18.7. The van der Waals surface area contributed by atoms with E-state index in [0.717, 1.165) is 0 Å². The third kappa shape index (κ3) is 6.16. The molecule has 1 aromatic heterocycles. The van der Waals surface area contributed by atoms with Gasteiger partial charge in [0.15, 0.2) is 0 Å². The van der Waals surface area contributed by atoms with Crippen molar-refractivity contribution in [3.05, 3.63) is 51.0 Å². The van der Waals surface area contributed by atoms with Crippen LogP contribution in [0.2, 0.25) is 10.0 Å². The Kier molecular flexibility index (Phi) is 8.72. The Morgan fingerprint density at radius 3 is 2.35 bits per heavy atom. The van der Waals surface area contributed by atoms with Crippen LogP contribution in [0, 0.1) is 5.92 Å². The van der Waals surface area contributed by atoms with Crippen LogP contribution in [-0.4, -0.2) is 49.7 Å². The number of carbonyl (C=O) groups excluding carboxylic acids is 1. The van der Waals surface area contributed by atoms with Gasteiger partial charge in [0.05, 0.1) is 16.3 Å². The summed E-state index contributed by atoms with van der Waals surface area (Å²) in [4.78, 5) is 30.8. The molecule has 184 valence electrons. The second-order valence-electron chi connectivity index (χ2n) is 7.88. The molecule has 1 amide bonds. The van der Waals surface area contributed by atoms with Gasteiger partial charge in [0.2, 0.25) is 15.9 Å². The zero-order valence-corrected chi connectivity index (χ0v) is 21.8. The first-order valence-electron chi connectivity index (χ1n) is 10.6. The van der Waals surface area contributed by atoms with E-state index in [1.165, 1.54) is 11.8 Å². The Labute approximate surface area is 213 Å². The number of nitrogens with one attached hydrogen (secondary N) is 1. The fourth-order valence-corrected chi connectivity index (χ4v) is 6.20. The van der Waals surface area contributed by atoms with Gasteiger partial charge in [-0.3, -0.25) is 9.52 Å². The van der Waals surface area contributed by atoms with Gasteiger partial charge in [0, 0.05) is 24.0 Å². The number of aromatic nitrogens is 1. The van der Waals surface area contributed by atoms with Crippen LogP contribution < -0.4 is 9.62 Å². The Bertz CT molecular complexity index is 1180. The number of sulfonamides is 1. The smallest absolute Gasteiger partial charge is 0.338 e. The van der Waals surface area contributed by atoms with Crippen molar-refractivity contribution in [3.8, 4) is 0 Å². The van der Waals surface area contributed by atoms with Crippen molar-refractivity contribution in [1.82, 2.24) is 9.71 Å². The minimum Gasteiger partial charge on any atom is -0.478 e. The molecule has 0 aliphatic carbocycles. The van der Waals surface area contributed by atoms with Crippen LogP contribution in [0.5, 0.6) is 0 Å². The lowest BCUT2D eigenvalue weighted by atomic mass is 9.96. The molecule has 1 aromatic carbocycles. The summed E-state index contributed by atoms with van der Waals surface area (Å²) >= 11 is 13.6. The summed E-state index contributed by atoms with van der Waals surface area (Å²) in [7, 11) is -3.85. The first kappa shape index (κ1) is 26.6. The quantitative estimate of drug-likeness (QED) is 0.473. The van der Waals surface area contributed by atoms with E-state index in [4.69, 9.17) is 23.2 Å². The summed E-state index contributed by atoms with van der Waals surface area (Å²) in [6, 6.07) is 6.39. The van der Waals surface area contributed by atoms with E-state index < -0.39 is 27.8 Å². The van der Waals surface area contributed by atoms with Crippen LogP contribution in [0.25, 0.3) is 0 Å². The van der Waals surface area contributed by atoms with Crippen molar-refractivity contribution in [3.63, 3.8) is 0 Å². The number of hydrogen-bond acceptors (Lipinski definition) is 7. The molecule has 0 unspecified atom stereocenters. The highest BCUT2D eigenvalue weighted by atomic mass is 35.5. The number of carboxylic acids is 1. The molecule has 1 aliphatic heterocycles. The fraction of sp³-hybridized carbons (Fsp3) is 0.409. The van der Waals surface area contributed by atoms with Crippen molar-refractivity contribution in [2.45, 2.75) is 37.0 Å². The molecular weight excluding hydrogens is 521 g/mol. The van der Waals surface area contributed by atoms with Gasteiger partial charge in [0.1, 0.15) is 10.8 Å². The Balaban J connectivity index is 1.68. The van der Waals surface area contributed by atoms with Gasteiger partial charge >= 0.3 is 5.97 Å². The van der Waals surface area contributed by atoms with E-state index in [9.17, 15) is 23.1 Å². The van der Waals surface area contributed by atoms with Crippen molar-refractivity contribution in [2.24, 2.45) is 5.92 Å². The van der Waals surface area contributed by atoms with Crippen LogP contribution in [-0.2, 0) is 27.0 Å². The summed E-state index contributed by atoms with van der Waals surface area (Å²) in [5.74, 6) is -1.91. The number of carbonyl (C=O) groups is 2. The average Bonchev–Trinajstić information content (AvgIpc) is 2.79. The highest BCUT2D eigenvalue weighted by molar-refractivity contribution is 7.98. The molecular formula is C22H25Cl2N3O5S2. The van der Waals surface area contributed by atoms with Gasteiger partial charge in [0.25, 0.3) is 0 Å². The molecule has 8 nitrogen and oxygen atoms in total. The highest BCUT2D eigenvalue weighted by Crippen LogP contribution is 2.36. The van der Waals surface area contributed by atoms with Crippen LogP contribution >= 0.6 is 35.0 Å². The molecule has 0 spiro atoms. The number of aromatic carboxylic acids is 1. The van der Waals surface area contributed by atoms with Crippen molar-refractivity contribution in [1.29, 1.82) is 0 Å². The van der Waals surface area contributed by atoms with Crippen LogP contribution in [0.3, 0.4) is 0 Å². The maximum atomic E-state index is 12.6. The largest absolute Gasteiger partial charge is 0.478 e. The maximum Gasteiger partial charge on any atom is 0.338 e. The molecule has 1 aliphatic rings. The Hall–Kier alpha value is -2.01. The number of benzene rings is 1. The normalized spacial score (nSPS) is 14.8. The Morgan fingerprint density at radius 1 is 1.21 bits per heavy atom. The Morgan fingerprint density at radius 2 is 1.82 bits per heavy atom. The predicted molar refractivity (Wildman–Crippen MR) is 135 cm³/mol. The van der Waals surface area contributed by atoms with Crippen molar-refractivity contribution in [2.75, 3.05) is 24.2 Å². The molecule has 12 heteroatoms. The third-order valence-corrected chi connectivity index (χ3v) is 8.19. The molecule has 0 bridgehead atoms. The lowest BCUT2D eigenvalue weighted by Crippen LogP contribution is -2.43. The second kappa shape index (κ2) is 11.2. The topological polar surface area (TPSA) is 117 Å². The summed E-state index contributed by atoms with van der Waals surface area (Å²) in [5.41, 5.74) is 1.17. The zero-order chi connectivity index (χ0) is 25.0. The fourth-order valence-electron chi connectivity index (χ4n) is 3.91. The molecule has 1 fully saturated rings. The standard InChI is InChI=1S/C22H25Cl2N3O5S2/c1-3-16-17(22(29)30)21(33-2)25-19(18(16)24)27-10-8-14(9-11-27)20(28)26-34(31,32)12-13-4-6-15(23)7-5-13/h4-7,14H,3,8-12H2,1-2H3,(H,26,28)(H,29,30). The molecule has 2 heterocycles. The minimum absolute atomic E-state index is 0.115. The number of thioether (sulfide) groups is 1. The van der Waals surface area contributed by atoms with Gasteiger partial charge in [-0.25, -0.2) is 18.2 Å². The third-order valence-electron chi connectivity index (χ3n) is 5.64. The van der Waals surface area contributed by atoms with Crippen molar-refractivity contribution >= 4 is 62.7 Å². The number of pyridine rings is 1. The maximum absolute atomic E-state index is 12.6. The van der Waals surface area contributed by atoms with Gasteiger partial charge in [-0.1, -0.05) is 42.3 Å². The van der Waals surface area contributed by atoms with Crippen molar-refractivity contribution < 1.29 is 23.1 Å². The number of piperidine rings is 1. The summed E-state index contributed by atoms with van der Waals surface area (Å²) in [6.45, 7) is 2.71. The highest BCUT2D eigenvalue weighted by Gasteiger charge is 2.31.